The lowest BCUT2D eigenvalue weighted by Crippen LogP contribution is -2.42. The number of hydrogen-bond acceptors (Lipinski definition) is 4. The minimum atomic E-state index is 0.0914. The molecule has 0 amide bonds. The number of hydrogen-bond donors (Lipinski definition) is 2. The molecule has 112 valence electrons. The molecule has 0 aliphatic carbocycles. The predicted molar refractivity (Wildman–Crippen MR) is 80.9 cm³/mol. The van der Waals surface area contributed by atoms with Crippen molar-refractivity contribution in [1.82, 2.24) is 4.90 Å². The lowest BCUT2D eigenvalue weighted by atomic mass is 10.0. The topological polar surface area (TPSA) is 58.7 Å². The highest BCUT2D eigenvalue weighted by Crippen LogP contribution is 2.26. The predicted octanol–water partition coefficient (Wildman–Crippen LogP) is 1.81. The Labute approximate surface area is 125 Å². The van der Waals surface area contributed by atoms with Crippen molar-refractivity contribution in [3.63, 3.8) is 0 Å². The summed E-state index contributed by atoms with van der Waals surface area (Å²) >= 11 is 6.06. The van der Waals surface area contributed by atoms with Crippen LogP contribution in [-0.4, -0.2) is 49.0 Å². The fraction of sp³-hybridized carbons (Fsp3) is 0.600. The summed E-state index contributed by atoms with van der Waals surface area (Å²) in [5.74, 6) is 0. The van der Waals surface area contributed by atoms with Crippen LogP contribution in [0, 0.1) is 0 Å². The minimum absolute atomic E-state index is 0.0914. The van der Waals surface area contributed by atoms with E-state index in [4.69, 9.17) is 27.2 Å². The van der Waals surface area contributed by atoms with Gasteiger partial charge in [-0.25, -0.2) is 0 Å². The second-order valence-corrected chi connectivity index (χ2v) is 5.57. The maximum absolute atomic E-state index is 8.79. The summed E-state index contributed by atoms with van der Waals surface area (Å²) < 4.78 is 5.59. The van der Waals surface area contributed by atoms with Crippen molar-refractivity contribution in [3.8, 4) is 0 Å². The quantitative estimate of drug-likeness (QED) is 0.841. The van der Waals surface area contributed by atoms with E-state index >= 15 is 0 Å². The van der Waals surface area contributed by atoms with E-state index in [0.29, 0.717) is 13.2 Å². The largest absolute Gasteiger partial charge is 0.394 e. The third kappa shape index (κ3) is 4.17. The molecule has 1 aliphatic heterocycles. The molecular weight excluding hydrogens is 276 g/mol. The standard InChI is InChI=1S/C15H23ClN2O2/c16-13-3-1-2-12(10-13)15(11-17)18-6-4-14(5-7-18)20-9-8-19/h1-3,10,14-15,19H,4-9,11,17H2. The normalized spacial score (nSPS) is 19.1. The van der Waals surface area contributed by atoms with Crippen LogP contribution in [0.15, 0.2) is 24.3 Å². The highest BCUT2D eigenvalue weighted by atomic mass is 35.5. The Morgan fingerprint density at radius 3 is 2.75 bits per heavy atom. The minimum Gasteiger partial charge on any atom is -0.394 e. The number of nitrogens with two attached hydrogens (primary N) is 1. The van der Waals surface area contributed by atoms with Gasteiger partial charge in [-0.1, -0.05) is 23.7 Å². The van der Waals surface area contributed by atoms with Crippen LogP contribution >= 0.6 is 11.6 Å². The number of nitrogens with zero attached hydrogens (tertiary/aromatic N) is 1. The monoisotopic (exact) mass is 298 g/mol. The van der Waals surface area contributed by atoms with Crippen LogP contribution in [0.5, 0.6) is 0 Å². The van der Waals surface area contributed by atoms with Gasteiger partial charge in [-0.15, -0.1) is 0 Å². The zero-order valence-corrected chi connectivity index (χ0v) is 12.4. The van der Waals surface area contributed by atoms with E-state index in [1.165, 1.54) is 5.56 Å². The molecule has 1 fully saturated rings. The SMILES string of the molecule is NCC(c1cccc(Cl)c1)N1CCC(OCCO)CC1. The lowest BCUT2D eigenvalue weighted by Gasteiger charge is -2.37. The van der Waals surface area contributed by atoms with Gasteiger partial charge in [-0.2, -0.15) is 0 Å². The molecule has 0 radical (unpaired) electrons. The molecular formula is C15H23ClN2O2. The molecule has 0 spiro atoms. The first kappa shape index (κ1) is 15.7. The van der Waals surface area contributed by atoms with Crippen LogP contribution < -0.4 is 5.73 Å². The molecule has 1 aliphatic rings. The van der Waals surface area contributed by atoms with Gasteiger partial charge in [0.1, 0.15) is 0 Å². The summed E-state index contributed by atoms with van der Waals surface area (Å²) in [6, 6.07) is 8.14. The summed E-state index contributed by atoms with van der Waals surface area (Å²) in [5, 5.41) is 9.54. The molecule has 1 saturated heterocycles. The molecule has 20 heavy (non-hydrogen) atoms. The van der Waals surface area contributed by atoms with E-state index < -0.39 is 0 Å². The Morgan fingerprint density at radius 1 is 1.40 bits per heavy atom. The average Bonchev–Trinajstić information content (AvgIpc) is 2.47. The average molecular weight is 299 g/mol. The third-order valence-electron chi connectivity index (χ3n) is 3.82. The van der Waals surface area contributed by atoms with Crippen molar-refractivity contribution < 1.29 is 9.84 Å². The van der Waals surface area contributed by atoms with E-state index in [-0.39, 0.29) is 18.8 Å². The van der Waals surface area contributed by atoms with Crippen LogP contribution in [0.25, 0.3) is 0 Å². The van der Waals surface area contributed by atoms with Gasteiger partial charge < -0.3 is 15.6 Å². The number of halogens is 1. The Morgan fingerprint density at radius 2 is 2.15 bits per heavy atom. The molecule has 2 rings (SSSR count). The molecule has 1 unspecified atom stereocenters. The van der Waals surface area contributed by atoms with E-state index in [1.807, 2.05) is 18.2 Å². The fourth-order valence-electron chi connectivity index (χ4n) is 2.78. The molecule has 0 aromatic heterocycles. The number of piperidine rings is 1. The fourth-order valence-corrected chi connectivity index (χ4v) is 2.98. The molecule has 0 bridgehead atoms. The summed E-state index contributed by atoms with van der Waals surface area (Å²) in [7, 11) is 0. The third-order valence-corrected chi connectivity index (χ3v) is 4.05. The summed E-state index contributed by atoms with van der Waals surface area (Å²) in [4.78, 5) is 2.39. The van der Waals surface area contributed by atoms with Crippen LogP contribution in [0.2, 0.25) is 5.02 Å². The van der Waals surface area contributed by atoms with Gasteiger partial charge in [-0.05, 0) is 30.5 Å². The van der Waals surface area contributed by atoms with E-state index in [1.54, 1.807) is 0 Å². The molecule has 4 nitrogen and oxygen atoms in total. The second-order valence-electron chi connectivity index (χ2n) is 5.14. The van der Waals surface area contributed by atoms with Crippen LogP contribution in [0.1, 0.15) is 24.4 Å². The molecule has 1 atom stereocenters. The van der Waals surface area contributed by atoms with Crippen LogP contribution in [0.3, 0.4) is 0 Å². The summed E-state index contributed by atoms with van der Waals surface area (Å²) in [5.41, 5.74) is 7.13. The molecule has 1 aromatic rings. The van der Waals surface area contributed by atoms with Gasteiger partial charge in [0, 0.05) is 30.7 Å². The van der Waals surface area contributed by atoms with Gasteiger partial charge in [0.2, 0.25) is 0 Å². The van der Waals surface area contributed by atoms with Gasteiger partial charge in [-0.3, -0.25) is 4.90 Å². The maximum atomic E-state index is 8.79. The Kier molecular flexibility index (Phi) is 6.26. The van der Waals surface area contributed by atoms with Gasteiger partial charge in [0.15, 0.2) is 0 Å². The summed E-state index contributed by atoms with van der Waals surface area (Å²) in [6.07, 6.45) is 2.23. The smallest absolute Gasteiger partial charge is 0.0701 e. The molecule has 1 aromatic carbocycles. The summed E-state index contributed by atoms with van der Waals surface area (Å²) in [6.45, 7) is 3.03. The number of rotatable bonds is 6. The van der Waals surface area contributed by atoms with E-state index in [0.717, 1.165) is 31.0 Å². The first-order chi connectivity index (χ1) is 9.74. The van der Waals surface area contributed by atoms with E-state index in [2.05, 4.69) is 11.0 Å². The molecule has 3 N–H and O–H groups in total. The highest BCUT2D eigenvalue weighted by Gasteiger charge is 2.25. The Balaban J connectivity index is 1.93. The first-order valence-electron chi connectivity index (χ1n) is 7.16. The van der Waals surface area contributed by atoms with E-state index in [9.17, 15) is 0 Å². The highest BCUT2D eigenvalue weighted by molar-refractivity contribution is 6.30. The van der Waals surface area contributed by atoms with Crippen molar-refractivity contribution >= 4 is 11.6 Å². The van der Waals surface area contributed by atoms with Crippen LogP contribution in [0.4, 0.5) is 0 Å². The molecule has 0 saturated carbocycles. The number of ether oxygens (including phenoxy) is 1. The number of aliphatic hydroxyl groups excluding tert-OH is 1. The first-order valence-corrected chi connectivity index (χ1v) is 7.54. The Hall–Kier alpha value is -0.650. The maximum Gasteiger partial charge on any atom is 0.0701 e. The molecule has 1 heterocycles. The van der Waals surface area contributed by atoms with Gasteiger partial charge in [0.05, 0.1) is 19.3 Å². The number of likely N-dealkylation sites (tertiary alicyclic amines) is 1. The lowest BCUT2D eigenvalue weighted by molar-refractivity contribution is -0.0148. The number of benzene rings is 1. The van der Waals surface area contributed by atoms with Gasteiger partial charge >= 0.3 is 0 Å². The van der Waals surface area contributed by atoms with Crippen molar-refractivity contribution in [1.29, 1.82) is 0 Å². The molecule has 5 heteroatoms. The Bertz CT molecular complexity index is 409. The zero-order chi connectivity index (χ0) is 14.4. The van der Waals surface area contributed by atoms with Crippen molar-refractivity contribution in [2.75, 3.05) is 32.8 Å². The van der Waals surface area contributed by atoms with Crippen molar-refractivity contribution in [2.45, 2.75) is 25.0 Å². The van der Waals surface area contributed by atoms with Gasteiger partial charge in [0.25, 0.3) is 0 Å². The van der Waals surface area contributed by atoms with Crippen molar-refractivity contribution in [3.05, 3.63) is 34.9 Å². The number of aliphatic hydroxyl groups is 1. The van der Waals surface area contributed by atoms with Crippen LogP contribution in [-0.2, 0) is 4.74 Å². The van der Waals surface area contributed by atoms with Crippen molar-refractivity contribution in [2.24, 2.45) is 5.73 Å². The second kappa shape index (κ2) is 7.96. The zero-order valence-electron chi connectivity index (χ0n) is 11.7.